The van der Waals surface area contributed by atoms with Gasteiger partial charge in [0, 0.05) is 41.7 Å². The number of nitrogens with zero attached hydrogens (tertiary/aromatic N) is 1. The predicted octanol–water partition coefficient (Wildman–Crippen LogP) is 9.67. The molecule has 0 fully saturated rings. The Hall–Kier alpha value is -2.64. The fourth-order valence-electron chi connectivity index (χ4n) is 5.25. The van der Waals surface area contributed by atoms with Gasteiger partial charge >= 0.3 is 5.97 Å². The average molecular weight is 632 g/mol. The largest absolute Gasteiger partial charge is 0.491 e. The SMILES string of the molecule is CCCCCCCCCCCCCCOc1cn(C(CCOC(C)(C)C)C(=O)O)c(=O)cc1-c1cc(Cl)ccc1C(=O)CC. The predicted molar refractivity (Wildman–Crippen MR) is 179 cm³/mol. The summed E-state index contributed by atoms with van der Waals surface area (Å²) in [5.74, 6) is -0.868. The maximum Gasteiger partial charge on any atom is 0.326 e. The third-order valence-electron chi connectivity index (χ3n) is 7.74. The van der Waals surface area contributed by atoms with Gasteiger partial charge in [0.1, 0.15) is 11.8 Å². The molecule has 0 bridgehead atoms. The molecule has 246 valence electrons. The second kappa shape index (κ2) is 19.7. The Kier molecular flexibility index (Phi) is 16.8. The molecule has 0 radical (unpaired) electrons. The Bertz CT molecular complexity index is 1230. The number of ether oxygens (including phenoxy) is 2. The molecule has 1 unspecified atom stereocenters. The molecule has 1 atom stereocenters. The number of ketones is 1. The summed E-state index contributed by atoms with van der Waals surface area (Å²) in [6.45, 7) is 10.3. The lowest BCUT2D eigenvalue weighted by atomic mass is 9.96. The lowest BCUT2D eigenvalue weighted by Crippen LogP contribution is -2.31. The van der Waals surface area contributed by atoms with Gasteiger partial charge in [0.2, 0.25) is 0 Å². The molecule has 1 N–H and O–H groups in total. The molecule has 1 aromatic heterocycles. The summed E-state index contributed by atoms with van der Waals surface area (Å²) in [5, 5.41) is 10.4. The fraction of sp³-hybridized carbons (Fsp3) is 0.639. The van der Waals surface area contributed by atoms with Gasteiger partial charge < -0.3 is 14.6 Å². The van der Waals surface area contributed by atoms with E-state index in [0.29, 0.717) is 34.1 Å². The first-order valence-corrected chi connectivity index (χ1v) is 16.9. The highest BCUT2D eigenvalue weighted by Gasteiger charge is 2.25. The number of carboxylic acid groups (broad SMARTS) is 1. The molecule has 1 aromatic carbocycles. The minimum absolute atomic E-state index is 0.0875. The van der Waals surface area contributed by atoms with Crippen LogP contribution in [0.15, 0.2) is 35.3 Å². The second-order valence-electron chi connectivity index (χ2n) is 12.6. The summed E-state index contributed by atoms with van der Waals surface area (Å²) in [6.07, 6.45) is 16.6. The van der Waals surface area contributed by atoms with Crippen molar-refractivity contribution in [2.24, 2.45) is 0 Å². The van der Waals surface area contributed by atoms with Gasteiger partial charge in [0.25, 0.3) is 5.56 Å². The monoisotopic (exact) mass is 631 g/mol. The number of hydrogen-bond donors (Lipinski definition) is 1. The number of unbranched alkanes of at least 4 members (excludes halogenated alkanes) is 11. The van der Waals surface area contributed by atoms with Crippen LogP contribution in [0.3, 0.4) is 0 Å². The van der Waals surface area contributed by atoms with Crippen LogP contribution in [0.2, 0.25) is 5.02 Å². The van der Waals surface area contributed by atoms with E-state index in [1.807, 2.05) is 20.8 Å². The number of aromatic nitrogens is 1. The maximum absolute atomic E-state index is 13.4. The van der Waals surface area contributed by atoms with Gasteiger partial charge in [0.15, 0.2) is 5.78 Å². The Labute approximate surface area is 269 Å². The summed E-state index contributed by atoms with van der Waals surface area (Å²) >= 11 is 6.33. The zero-order valence-electron chi connectivity index (χ0n) is 27.6. The van der Waals surface area contributed by atoms with Crippen LogP contribution in [0.1, 0.15) is 141 Å². The van der Waals surface area contributed by atoms with Crippen molar-refractivity contribution in [2.45, 2.75) is 136 Å². The van der Waals surface area contributed by atoms with E-state index in [0.717, 1.165) is 19.3 Å². The van der Waals surface area contributed by atoms with Crippen molar-refractivity contribution in [3.05, 3.63) is 51.4 Å². The van der Waals surface area contributed by atoms with E-state index in [1.54, 1.807) is 25.1 Å². The van der Waals surface area contributed by atoms with Crippen molar-refractivity contribution in [3.8, 4) is 16.9 Å². The molecule has 1 heterocycles. The van der Waals surface area contributed by atoms with Crippen LogP contribution in [0.4, 0.5) is 0 Å². The number of carbonyl (C=O) groups excluding carboxylic acids is 1. The van der Waals surface area contributed by atoms with E-state index in [9.17, 15) is 19.5 Å². The van der Waals surface area contributed by atoms with Gasteiger partial charge in [-0.3, -0.25) is 14.2 Å². The van der Waals surface area contributed by atoms with Crippen LogP contribution in [0, 0.1) is 0 Å². The number of aliphatic carboxylic acids is 1. The van der Waals surface area contributed by atoms with Crippen LogP contribution in [-0.2, 0) is 9.53 Å². The van der Waals surface area contributed by atoms with E-state index in [4.69, 9.17) is 21.1 Å². The van der Waals surface area contributed by atoms with Crippen LogP contribution in [-0.4, -0.2) is 40.2 Å². The van der Waals surface area contributed by atoms with E-state index >= 15 is 0 Å². The summed E-state index contributed by atoms with van der Waals surface area (Å²) in [6, 6.07) is 5.19. The standard InChI is InChI=1S/C36H54ClNO6/c1-6-8-9-10-11-12-13-14-15-16-17-18-22-43-33-26-38(31(35(41)42)21-23-44-36(3,4)5)34(40)25-30(33)29-24-27(37)19-20-28(29)32(39)7-2/h19-20,24-26,31H,6-18,21-23H2,1-5H3,(H,41,42). The number of rotatable bonds is 22. The molecule has 0 spiro atoms. The number of carboxylic acids is 1. The van der Waals surface area contributed by atoms with Gasteiger partial charge in [-0.1, -0.05) is 96.1 Å². The average Bonchev–Trinajstić information content (AvgIpc) is 2.97. The molecule has 2 rings (SSSR count). The Morgan fingerprint density at radius 2 is 1.45 bits per heavy atom. The van der Waals surface area contributed by atoms with E-state index in [-0.39, 0.29) is 25.2 Å². The van der Waals surface area contributed by atoms with Gasteiger partial charge in [-0.25, -0.2) is 4.79 Å². The van der Waals surface area contributed by atoms with Crippen LogP contribution in [0.5, 0.6) is 5.75 Å². The summed E-state index contributed by atoms with van der Waals surface area (Å²) in [7, 11) is 0. The molecule has 0 aliphatic carbocycles. The quantitative estimate of drug-likeness (QED) is 0.103. The van der Waals surface area contributed by atoms with Crippen molar-refractivity contribution in [2.75, 3.05) is 13.2 Å². The highest BCUT2D eigenvalue weighted by molar-refractivity contribution is 6.31. The van der Waals surface area contributed by atoms with Crippen molar-refractivity contribution in [1.82, 2.24) is 4.57 Å². The molecule has 0 aliphatic heterocycles. The fourth-order valence-corrected chi connectivity index (χ4v) is 5.43. The molecule has 0 amide bonds. The Morgan fingerprint density at radius 3 is 2.00 bits per heavy atom. The third-order valence-corrected chi connectivity index (χ3v) is 7.98. The molecule has 0 saturated carbocycles. The minimum atomic E-state index is -1.14. The Morgan fingerprint density at radius 1 is 0.864 bits per heavy atom. The van der Waals surface area contributed by atoms with E-state index in [1.165, 1.54) is 74.6 Å². The third kappa shape index (κ3) is 13.2. The topological polar surface area (TPSA) is 94.8 Å². The smallest absolute Gasteiger partial charge is 0.326 e. The molecule has 0 saturated heterocycles. The second-order valence-corrected chi connectivity index (χ2v) is 13.0. The highest BCUT2D eigenvalue weighted by Crippen LogP contribution is 2.35. The molecule has 2 aromatic rings. The molecule has 8 heteroatoms. The van der Waals surface area contributed by atoms with Crippen molar-refractivity contribution in [1.29, 1.82) is 0 Å². The summed E-state index contributed by atoms with van der Waals surface area (Å²) in [5.41, 5.74) is 0.434. The normalized spacial score (nSPS) is 12.3. The molecular formula is C36H54ClNO6. The minimum Gasteiger partial charge on any atom is -0.491 e. The lowest BCUT2D eigenvalue weighted by Gasteiger charge is -2.23. The van der Waals surface area contributed by atoms with E-state index in [2.05, 4.69) is 6.92 Å². The van der Waals surface area contributed by atoms with Crippen molar-refractivity contribution in [3.63, 3.8) is 0 Å². The summed E-state index contributed by atoms with van der Waals surface area (Å²) in [4.78, 5) is 38.5. The first-order chi connectivity index (χ1) is 21.0. The molecule has 0 aliphatic rings. The van der Waals surface area contributed by atoms with Gasteiger partial charge in [-0.05, 0) is 51.0 Å². The van der Waals surface area contributed by atoms with Crippen LogP contribution >= 0.6 is 11.6 Å². The summed E-state index contributed by atoms with van der Waals surface area (Å²) < 4.78 is 13.2. The van der Waals surface area contributed by atoms with Gasteiger partial charge in [-0.15, -0.1) is 0 Å². The number of hydrogen-bond acceptors (Lipinski definition) is 5. The van der Waals surface area contributed by atoms with Crippen molar-refractivity contribution >= 4 is 23.4 Å². The van der Waals surface area contributed by atoms with Crippen LogP contribution in [0.25, 0.3) is 11.1 Å². The number of pyridine rings is 1. The lowest BCUT2D eigenvalue weighted by molar-refractivity contribution is -0.142. The van der Waals surface area contributed by atoms with Crippen molar-refractivity contribution < 1.29 is 24.2 Å². The zero-order valence-corrected chi connectivity index (χ0v) is 28.3. The molecule has 7 nitrogen and oxygen atoms in total. The van der Waals surface area contributed by atoms with Gasteiger partial charge in [0.05, 0.1) is 18.4 Å². The molecular weight excluding hydrogens is 578 g/mol. The molecule has 44 heavy (non-hydrogen) atoms. The maximum atomic E-state index is 13.4. The number of Topliss-reactive ketones (excluding diaryl/α,β-unsaturated/α-hetero) is 1. The number of halogens is 1. The number of carbonyl (C=O) groups is 2. The first-order valence-electron chi connectivity index (χ1n) is 16.6. The zero-order chi connectivity index (χ0) is 32.5. The highest BCUT2D eigenvalue weighted by atomic mass is 35.5. The van der Waals surface area contributed by atoms with Crippen LogP contribution < -0.4 is 10.3 Å². The first kappa shape index (κ1) is 37.5. The Balaban J connectivity index is 2.19. The van der Waals surface area contributed by atoms with E-state index < -0.39 is 23.2 Å². The van der Waals surface area contributed by atoms with Gasteiger partial charge in [-0.2, -0.15) is 0 Å². The number of benzene rings is 1.